The largest absolute Gasteiger partial charge is 0.322 e. The van der Waals surface area contributed by atoms with Gasteiger partial charge in [0, 0.05) is 20.2 Å². The first-order chi connectivity index (χ1) is 13.5. The van der Waals surface area contributed by atoms with Gasteiger partial charge >= 0.3 is 0 Å². The van der Waals surface area contributed by atoms with E-state index in [-0.39, 0.29) is 5.91 Å². The summed E-state index contributed by atoms with van der Waals surface area (Å²) in [4.78, 5) is 17.7. The van der Waals surface area contributed by atoms with Gasteiger partial charge in [0.2, 0.25) is 0 Å². The van der Waals surface area contributed by atoms with Crippen molar-refractivity contribution < 1.29 is 4.79 Å². The summed E-state index contributed by atoms with van der Waals surface area (Å²) >= 11 is 14.4. The number of benzene rings is 3. The van der Waals surface area contributed by atoms with Gasteiger partial charge < -0.3 is 5.32 Å². The SMILES string of the molecule is O=C(Nc1ccc(I)cc1)c1cc(-c2ccc(Cl)c(Cl)c2)nc2ccccc12. The first kappa shape index (κ1) is 19.2. The number of carbonyl (C=O) groups is 1. The van der Waals surface area contributed by atoms with E-state index in [2.05, 4.69) is 27.9 Å². The lowest BCUT2D eigenvalue weighted by molar-refractivity contribution is 0.102. The Bertz CT molecular complexity index is 1190. The molecule has 1 amide bonds. The van der Waals surface area contributed by atoms with Gasteiger partial charge in [-0.3, -0.25) is 4.79 Å². The summed E-state index contributed by atoms with van der Waals surface area (Å²) in [5, 5.41) is 4.66. The van der Waals surface area contributed by atoms with E-state index < -0.39 is 0 Å². The average molecular weight is 519 g/mol. The van der Waals surface area contributed by atoms with Crippen LogP contribution in [0.2, 0.25) is 10.0 Å². The fourth-order valence-corrected chi connectivity index (χ4v) is 3.56. The van der Waals surface area contributed by atoms with E-state index in [1.165, 1.54) is 0 Å². The zero-order valence-electron chi connectivity index (χ0n) is 14.4. The number of anilines is 1. The van der Waals surface area contributed by atoms with Gasteiger partial charge in [-0.25, -0.2) is 4.98 Å². The van der Waals surface area contributed by atoms with Gasteiger partial charge in [-0.05, 0) is 71.1 Å². The predicted octanol–water partition coefficient (Wildman–Crippen LogP) is 7.07. The highest BCUT2D eigenvalue weighted by atomic mass is 127. The van der Waals surface area contributed by atoms with Gasteiger partial charge in [0.25, 0.3) is 5.91 Å². The van der Waals surface area contributed by atoms with Crippen LogP contribution in [-0.2, 0) is 0 Å². The minimum absolute atomic E-state index is 0.193. The third-order valence-corrected chi connectivity index (χ3v) is 5.74. The Kier molecular flexibility index (Phi) is 5.53. The summed E-state index contributed by atoms with van der Waals surface area (Å²) in [5.41, 5.74) is 3.47. The number of halogens is 3. The minimum atomic E-state index is -0.193. The summed E-state index contributed by atoms with van der Waals surface area (Å²) in [6, 6.07) is 22.3. The number of amides is 1. The molecule has 1 heterocycles. The van der Waals surface area contributed by atoms with Crippen LogP contribution in [0.4, 0.5) is 5.69 Å². The van der Waals surface area contributed by atoms with E-state index in [1.54, 1.807) is 18.2 Å². The number of rotatable bonds is 3. The molecule has 4 aromatic rings. The number of hydrogen-bond donors (Lipinski definition) is 1. The molecule has 0 bridgehead atoms. The van der Waals surface area contributed by atoms with Crippen molar-refractivity contribution in [3.63, 3.8) is 0 Å². The second-order valence-electron chi connectivity index (χ2n) is 6.16. The molecule has 0 radical (unpaired) electrons. The van der Waals surface area contributed by atoms with Gasteiger partial charge in [0.05, 0.1) is 26.8 Å². The quantitative estimate of drug-likeness (QED) is 0.295. The molecule has 1 N–H and O–H groups in total. The second kappa shape index (κ2) is 8.07. The summed E-state index contributed by atoms with van der Waals surface area (Å²) < 4.78 is 1.10. The Hall–Kier alpha value is -2.15. The monoisotopic (exact) mass is 518 g/mol. The number of pyridine rings is 1. The summed E-state index contributed by atoms with van der Waals surface area (Å²) in [5.74, 6) is -0.193. The minimum Gasteiger partial charge on any atom is -0.322 e. The van der Waals surface area contributed by atoms with Crippen molar-refractivity contribution in [2.45, 2.75) is 0 Å². The third kappa shape index (κ3) is 3.99. The Balaban J connectivity index is 1.80. The maximum atomic E-state index is 13.0. The first-order valence-corrected chi connectivity index (χ1v) is 10.3. The van der Waals surface area contributed by atoms with Crippen LogP contribution in [0.15, 0.2) is 72.8 Å². The van der Waals surface area contributed by atoms with Gasteiger partial charge in [0.1, 0.15) is 0 Å². The number of nitrogens with zero attached hydrogens (tertiary/aromatic N) is 1. The zero-order valence-corrected chi connectivity index (χ0v) is 18.1. The van der Waals surface area contributed by atoms with Crippen molar-refractivity contribution in [2.75, 3.05) is 5.32 Å². The van der Waals surface area contributed by atoms with Gasteiger partial charge in [-0.2, -0.15) is 0 Å². The fourth-order valence-electron chi connectivity index (χ4n) is 2.90. The highest BCUT2D eigenvalue weighted by Crippen LogP contribution is 2.30. The molecule has 3 aromatic carbocycles. The predicted molar refractivity (Wildman–Crippen MR) is 124 cm³/mol. The maximum Gasteiger partial charge on any atom is 0.256 e. The van der Waals surface area contributed by atoms with Crippen LogP contribution in [0.1, 0.15) is 10.4 Å². The summed E-state index contributed by atoms with van der Waals surface area (Å²) in [7, 11) is 0. The van der Waals surface area contributed by atoms with E-state index in [4.69, 9.17) is 28.2 Å². The normalized spacial score (nSPS) is 10.8. The number of aromatic nitrogens is 1. The molecule has 3 nitrogen and oxygen atoms in total. The number of carbonyl (C=O) groups excluding carboxylic acids is 1. The Labute approximate surface area is 185 Å². The molecule has 0 aliphatic heterocycles. The Morgan fingerprint density at radius 1 is 0.893 bits per heavy atom. The average Bonchev–Trinajstić information content (AvgIpc) is 2.71. The molecule has 0 aliphatic rings. The van der Waals surface area contributed by atoms with E-state index >= 15 is 0 Å². The van der Waals surface area contributed by atoms with Crippen LogP contribution in [-0.4, -0.2) is 10.9 Å². The lowest BCUT2D eigenvalue weighted by Gasteiger charge is -2.11. The first-order valence-electron chi connectivity index (χ1n) is 8.43. The molecular formula is C22H13Cl2IN2O. The molecule has 0 aliphatic carbocycles. The number of nitrogens with one attached hydrogen (secondary N) is 1. The van der Waals surface area contributed by atoms with Crippen molar-refractivity contribution in [3.8, 4) is 11.3 Å². The van der Waals surface area contributed by atoms with Crippen molar-refractivity contribution in [2.24, 2.45) is 0 Å². The van der Waals surface area contributed by atoms with E-state index in [1.807, 2.05) is 54.6 Å². The Morgan fingerprint density at radius 2 is 1.64 bits per heavy atom. The van der Waals surface area contributed by atoms with Gasteiger partial charge in [-0.1, -0.05) is 47.5 Å². The Morgan fingerprint density at radius 3 is 2.39 bits per heavy atom. The molecule has 4 rings (SSSR count). The number of fused-ring (bicyclic) bond motifs is 1. The van der Waals surface area contributed by atoms with E-state index in [0.29, 0.717) is 21.3 Å². The molecule has 0 fully saturated rings. The van der Waals surface area contributed by atoms with Crippen LogP contribution in [0.3, 0.4) is 0 Å². The van der Waals surface area contributed by atoms with E-state index in [0.717, 1.165) is 25.7 Å². The molecule has 1 aromatic heterocycles. The zero-order chi connectivity index (χ0) is 19.7. The van der Waals surface area contributed by atoms with Crippen molar-refractivity contribution in [1.82, 2.24) is 4.98 Å². The smallest absolute Gasteiger partial charge is 0.256 e. The molecule has 0 spiro atoms. The van der Waals surface area contributed by atoms with Crippen LogP contribution in [0.5, 0.6) is 0 Å². The molecule has 28 heavy (non-hydrogen) atoms. The molecule has 0 atom stereocenters. The topological polar surface area (TPSA) is 42.0 Å². The van der Waals surface area contributed by atoms with Crippen LogP contribution in [0, 0.1) is 3.57 Å². The number of hydrogen-bond acceptors (Lipinski definition) is 2. The standard InChI is InChI=1S/C22H13Cl2IN2O/c23-18-10-5-13(11-19(18)24)21-12-17(16-3-1-2-4-20(16)27-21)22(28)26-15-8-6-14(25)7-9-15/h1-12H,(H,26,28). The van der Waals surface area contributed by atoms with Crippen LogP contribution >= 0.6 is 45.8 Å². The van der Waals surface area contributed by atoms with Crippen LogP contribution in [0.25, 0.3) is 22.2 Å². The lowest BCUT2D eigenvalue weighted by Crippen LogP contribution is -2.13. The summed E-state index contributed by atoms with van der Waals surface area (Å²) in [6.45, 7) is 0. The molecular weight excluding hydrogens is 506 g/mol. The second-order valence-corrected chi connectivity index (χ2v) is 8.22. The molecule has 0 saturated carbocycles. The highest BCUT2D eigenvalue weighted by molar-refractivity contribution is 14.1. The lowest BCUT2D eigenvalue weighted by atomic mass is 10.0. The molecule has 138 valence electrons. The van der Waals surface area contributed by atoms with Crippen molar-refractivity contribution in [1.29, 1.82) is 0 Å². The highest BCUT2D eigenvalue weighted by Gasteiger charge is 2.15. The van der Waals surface area contributed by atoms with Crippen molar-refractivity contribution >= 4 is 68.3 Å². The molecule has 0 unspecified atom stereocenters. The van der Waals surface area contributed by atoms with Crippen molar-refractivity contribution in [3.05, 3.63) is 92.0 Å². The number of para-hydroxylation sites is 1. The third-order valence-electron chi connectivity index (χ3n) is 4.28. The maximum absolute atomic E-state index is 13.0. The summed E-state index contributed by atoms with van der Waals surface area (Å²) in [6.07, 6.45) is 0. The van der Waals surface area contributed by atoms with Gasteiger partial charge in [-0.15, -0.1) is 0 Å². The molecule has 0 saturated heterocycles. The van der Waals surface area contributed by atoms with Crippen LogP contribution < -0.4 is 5.32 Å². The van der Waals surface area contributed by atoms with E-state index in [9.17, 15) is 4.79 Å². The van der Waals surface area contributed by atoms with Gasteiger partial charge in [0.15, 0.2) is 0 Å². The fraction of sp³-hybridized carbons (Fsp3) is 0. The molecule has 6 heteroatoms.